The molecular weight excluding hydrogens is 558 g/mol. The molecule has 2 aliphatic rings. The Bertz CT molecular complexity index is 1700. The smallest absolute Gasteiger partial charge is 0.356 e. The molecule has 4 aromatic rings. The average molecular weight is 592 g/mol. The van der Waals surface area contributed by atoms with Gasteiger partial charge in [0.05, 0.1) is 44.1 Å². The van der Waals surface area contributed by atoms with Crippen molar-refractivity contribution < 1.29 is 29.0 Å². The van der Waals surface area contributed by atoms with E-state index < -0.39 is 5.97 Å². The van der Waals surface area contributed by atoms with E-state index >= 15 is 0 Å². The maximum atomic E-state index is 12.5. The van der Waals surface area contributed by atoms with Gasteiger partial charge in [-0.2, -0.15) is 20.2 Å². The first-order chi connectivity index (χ1) is 20.7. The van der Waals surface area contributed by atoms with Gasteiger partial charge in [0.1, 0.15) is 0 Å². The molecule has 4 heterocycles. The number of nitrogens with zero attached hydrogens (tertiary/aromatic N) is 9. The van der Waals surface area contributed by atoms with Gasteiger partial charge in [0.2, 0.25) is 0 Å². The molecule has 4 aromatic heterocycles. The zero-order chi connectivity index (χ0) is 30.8. The molecule has 0 aliphatic heterocycles. The quantitative estimate of drug-likeness (QED) is 0.335. The fourth-order valence-electron chi connectivity index (χ4n) is 5.44. The van der Waals surface area contributed by atoms with E-state index in [1.807, 2.05) is 7.05 Å². The molecule has 43 heavy (non-hydrogen) atoms. The number of aromatic nitrogens is 8. The second-order valence-corrected chi connectivity index (χ2v) is 10.1. The van der Waals surface area contributed by atoms with Crippen LogP contribution < -0.4 is 9.47 Å². The van der Waals surface area contributed by atoms with Gasteiger partial charge in [-0.05, 0) is 49.7 Å². The third kappa shape index (κ3) is 5.50. The molecule has 0 aromatic carbocycles. The highest BCUT2D eigenvalue weighted by Gasteiger charge is 2.30. The third-order valence-electron chi connectivity index (χ3n) is 7.50. The average Bonchev–Trinajstić information content (AvgIpc) is 3.35. The molecule has 15 heteroatoms. The summed E-state index contributed by atoms with van der Waals surface area (Å²) in [5, 5.41) is 18.9. The highest BCUT2D eigenvalue weighted by atomic mass is 16.7. The highest BCUT2D eigenvalue weighted by Crippen LogP contribution is 2.34. The van der Waals surface area contributed by atoms with Crippen LogP contribution in [0.4, 0.5) is 0 Å². The minimum Gasteiger partial charge on any atom is -0.476 e. The minimum atomic E-state index is -1.01. The fourth-order valence-corrected chi connectivity index (χ4v) is 5.44. The van der Waals surface area contributed by atoms with Crippen molar-refractivity contribution in [1.82, 2.24) is 44.6 Å². The lowest BCUT2D eigenvalue weighted by Crippen LogP contribution is -2.26. The van der Waals surface area contributed by atoms with Gasteiger partial charge in [0, 0.05) is 44.7 Å². The SMILES string of the molecule is COc1ncc2c(n1)-c1c(c(C(=O)N(C)OC)nn1C)CCC2.COc1ncc2c(n1)-c1c(c(C(=O)O)nn1C)CCC2. The summed E-state index contributed by atoms with van der Waals surface area (Å²) in [6, 6.07) is 0.578. The van der Waals surface area contributed by atoms with Crippen molar-refractivity contribution in [2.24, 2.45) is 14.1 Å². The summed E-state index contributed by atoms with van der Waals surface area (Å²) in [5.74, 6) is -1.28. The molecule has 0 saturated carbocycles. The number of hydrogen-bond acceptors (Lipinski definition) is 11. The number of hydroxylamine groups is 2. The first-order valence-electron chi connectivity index (χ1n) is 13.7. The van der Waals surface area contributed by atoms with E-state index in [1.54, 1.807) is 35.9 Å². The van der Waals surface area contributed by atoms with Crippen molar-refractivity contribution >= 4 is 11.9 Å². The van der Waals surface area contributed by atoms with Gasteiger partial charge >= 0.3 is 18.0 Å². The molecule has 0 saturated heterocycles. The van der Waals surface area contributed by atoms with Crippen molar-refractivity contribution in [3.63, 3.8) is 0 Å². The lowest BCUT2D eigenvalue weighted by atomic mass is 10.1. The molecule has 0 bridgehead atoms. The van der Waals surface area contributed by atoms with E-state index in [0.29, 0.717) is 23.8 Å². The number of hydrogen-bond donors (Lipinski definition) is 1. The Labute approximate surface area is 247 Å². The van der Waals surface area contributed by atoms with Crippen LogP contribution in [0.2, 0.25) is 0 Å². The number of carbonyl (C=O) groups excluding carboxylic acids is 1. The number of aryl methyl sites for hydroxylation is 4. The number of ether oxygens (including phenoxy) is 2. The molecule has 0 atom stereocenters. The van der Waals surface area contributed by atoms with E-state index in [0.717, 1.165) is 71.4 Å². The molecule has 1 N–H and O–H groups in total. The number of carboxylic acids is 1. The fraction of sp³-hybridized carbons (Fsp3) is 0.429. The lowest BCUT2D eigenvalue weighted by molar-refractivity contribution is -0.0761. The highest BCUT2D eigenvalue weighted by molar-refractivity contribution is 5.95. The van der Waals surface area contributed by atoms with Gasteiger partial charge in [0.15, 0.2) is 11.4 Å². The van der Waals surface area contributed by atoms with Gasteiger partial charge < -0.3 is 14.6 Å². The van der Waals surface area contributed by atoms with Crippen molar-refractivity contribution in [3.05, 3.63) is 46.0 Å². The number of carboxylic acid groups (broad SMARTS) is 1. The first-order valence-corrected chi connectivity index (χ1v) is 13.7. The zero-order valence-electron chi connectivity index (χ0n) is 24.9. The van der Waals surface area contributed by atoms with Crippen LogP contribution in [-0.4, -0.2) is 89.9 Å². The maximum Gasteiger partial charge on any atom is 0.356 e. The second kappa shape index (κ2) is 12.1. The van der Waals surface area contributed by atoms with Gasteiger partial charge in [-0.25, -0.2) is 19.8 Å². The Morgan fingerprint density at radius 3 is 1.70 bits per heavy atom. The standard InChI is InChI=1S/C15H19N5O3.C13H14N4O3/c1-19-13-10(12(18-19)14(21)20(2)23-4)7-5-6-9-8-16-15(22-3)17-11(9)13;1-17-11-8(10(16-17)12(18)19)5-3-4-7-6-14-13(20-2)15-9(7)11/h8H,5-7H2,1-4H3;6H,3-5H2,1-2H3,(H,18,19). The Balaban J connectivity index is 0.000000173. The Hall–Kier alpha value is -4.92. The van der Waals surface area contributed by atoms with Crippen LogP contribution in [-0.2, 0) is 44.6 Å². The molecule has 0 spiro atoms. The first kappa shape index (κ1) is 29.6. The molecule has 0 fully saturated rings. The normalized spacial score (nSPS) is 13.2. The van der Waals surface area contributed by atoms with Gasteiger partial charge in [-0.15, -0.1) is 0 Å². The Morgan fingerprint density at radius 1 is 0.791 bits per heavy atom. The summed E-state index contributed by atoms with van der Waals surface area (Å²) in [4.78, 5) is 45.9. The lowest BCUT2D eigenvalue weighted by Gasteiger charge is -2.12. The van der Waals surface area contributed by atoms with Crippen LogP contribution in [0.3, 0.4) is 0 Å². The summed E-state index contributed by atoms with van der Waals surface area (Å²) in [7, 11) is 9.60. The van der Waals surface area contributed by atoms with Crippen molar-refractivity contribution in [2.75, 3.05) is 28.4 Å². The van der Waals surface area contributed by atoms with Crippen molar-refractivity contribution in [2.45, 2.75) is 38.5 Å². The predicted molar refractivity (Wildman–Crippen MR) is 152 cm³/mol. The van der Waals surface area contributed by atoms with Crippen LogP contribution >= 0.6 is 0 Å². The molecule has 0 unspecified atom stereocenters. The summed E-state index contributed by atoms with van der Waals surface area (Å²) in [6.07, 6.45) is 8.36. The van der Waals surface area contributed by atoms with Gasteiger partial charge in [-0.1, -0.05) is 0 Å². The van der Waals surface area contributed by atoms with E-state index in [-0.39, 0.29) is 17.6 Å². The van der Waals surface area contributed by atoms with Crippen molar-refractivity contribution in [3.8, 4) is 34.8 Å². The largest absolute Gasteiger partial charge is 0.476 e. The molecule has 6 rings (SSSR count). The van der Waals surface area contributed by atoms with Crippen LogP contribution in [0.25, 0.3) is 22.8 Å². The zero-order valence-corrected chi connectivity index (χ0v) is 24.9. The monoisotopic (exact) mass is 591 g/mol. The van der Waals surface area contributed by atoms with Crippen LogP contribution in [0.1, 0.15) is 56.1 Å². The van der Waals surface area contributed by atoms with Crippen molar-refractivity contribution in [1.29, 1.82) is 0 Å². The maximum absolute atomic E-state index is 12.5. The van der Waals surface area contributed by atoms with Crippen LogP contribution in [0, 0.1) is 0 Å². The van der Waals surface area contributed by atoms with Gasteiger partial charge in [0.25, 0.3) is 5.91 Å². The summed E-state index contributed by atoms with van der Waals surface area (Å²) < 4.78 is 13.5. The molecule has 226 valence electrons. The topological polar surface area (TPSA) is 172 Å². The summed E-state index contributed by atoms with van der Waals surface area (Å²) in [6.45, 7) is 0. The number of rotatable bonds is 5. The second-order valence-electron chi connectivity index (χ2n) is 10.1. The van der Waals surface area contributed by atoms with Crippen LogP contribution in [0.15, 0.2) is 12.4 Å². The van der Waals surface area contributed by atoms with E-state index in [1.165, 1.54) is 26.4 Å². The van der Waals surface area contributed by atoms with Crippen LogP contribution in [0.5, 0.6) is 12.0 Å². The molecular formula is C28H33N9O6. The number of aromatic carboxylic acids is 1. The summed E-state index contributed by atoms with van der Waals surface area (Å²) in [5.41, 5.74) is 7.23. The number of methoxy groups -OCH3 is 2. The number of carbonyl (C=O) groups is 2. The summed E-state index contributed by atoms with van der Waals surface area (Å²) >= 11 is 0. The number of fused-ring (bicyclic) bond motifs is 6. The molecule has 0 radical (unpaired) electrons. The Kier molecular flexibility index (Phi) is 8.34. The van der Waals surface area contributed by atoms with E-state index in [2.05, 4.69) is 30.1 Å². The minimum absolute atomic E-state index is 0.105. The van der Waals surface area contributed by atoms with E-state index in [4.69, 9.17) is 14.3 Å². The third-order valence-corrected chi connectivity index (χ3v) is 7.50. The van der Waals surface area contributed by atoms with Gasteiger partial charge in [-0.3, -0.25) is 19.0 Å². The van der Waals surface area contributed by atoms with E-state index in [9.17, 15) is 14.7 Å². The molecule has 1 amide bonds. The predicted octanol–water partition coefficient (Wildman–Crippen LogP) is 2.08. The Morgan fingerprint density at radius 2 is 1.26 bits per heavy atom. The number of amides is 1. The molecule has 2 aliphatic carbocycles. The molecule has 15 nitrogen and oxygen atoms in total.